The van der Waals surface area contributed by atoms with Gasteiger partial charge >= 0.3 is 5.97 Å². The molecule has 4 aliphatic rings. The third kappa shape index (κ3) is 4.68. The molecule has 3 fully saturated rings. The van der Waals surface area contributed by atoms with E-state index in [2.05, 4.69) is 42.7 Å². The van der Waals surface area contributed by atoms with Crippen LogP contribution >= 0.6 is 0 Å². The fourth-order valence-corrected chi connectivity index (χ4v) is 8.17. The molecular formula is C32H40N2O5. The first-order valence-corrected chi connectivity index (χ1v) is 14.1. The van der Waals surface area contributed by atoms with Crippen LogP contribution in [0.2, 0.25) is 0 Å². The number of carbonyl (C=O) groups is 2. The number of esters is 1. The van der Waals surface area contributed by atoms with Crippen LogP contribution in [0.15, 0.2) is 53.8 Å². The van der Waals surface area contributed by atoms with E-state index in [4.69, 9.17) is 16.0 Å². The molecule has 3 saturated carbocycles. The number of hydroxylamine groups is 1. The van der Waals surface area contributed by atoms with Crippen LogP contribution in [0.3, 0.4) is 0 Å². The quantitative estimate of drug-likeness (QED) is 0.274. The molecule has 0 spiro atoms. The number of hydrogen-bond acceptors (Lipinski definition) is 6. The van der Waals surface area contributed by atoms with Crippen molar-refractivity contribution in [3.63, 3.8) is 0 Å². The first-order valence-electron chi connectivity index (χ1n) is 14.1. The van der Waals surface area contributed by atoms with Crippen LogP contribution < -0.4 is 10.8 Å². The van der Waals surface area contributed by atoms with Crippen molar-refractivity contribution in [3.8, 4) is 12.3 Å². The number of fused-ring (bicyclic) bond motifs is 5. The molecule has 0 aromatic heterocycles. The van der Waals surface area contributed by atoms with Crippen LogP contribution in [0.25, 0.3) is 0 Å². The molecule has 7 heteroatoms. The van der Waals surface area contributed by atoms with Gasteiger partial charge in [0.15, 0.2) is 12.6 Å². The van der Waals surface area contributed by atoms with E-state index >= 15 is 0 Å². The number of amides is 1. The Kier molecular flexibility index (Phi) is 7.39. The number of allylic oxidation sites excluding steroid dienone is 3. The fraction of sp³-hybridized carbons (Fsp3) is 0.562. The van der Waals surface area contributed by atoms with E-state index in [0.29, 0.717) is 29.7 Å². The van der Waals surface area contributed by atoms with Crippen LogP contribution in [0, 0.1) is 40.9 Å². The zero-order valence-electron chi connectivity index (χ0n) is 23.2. The Balaban J connectivity index is 1.18. The minimum Gasteiger partial charge on any atom is -0.467 e. The average molecular weight is 533 g/mol. The molecule has 1 aromatic rings. The second-order valence-electron chi connectivity index (χ2n) is 12.2. The molecule has 208 valence electrons. The number of hydrogen-bond donors (Lipinski definition) is 3. The lowest BCUT2D eigenvalue weighted by Gasteiger charge is -2.58. The Bertz CT molecular complexity index is 1220. The third-order valence-electron chi connectivity index (χ3n) is 10.5. The summed E-state index contributed by atoms with van der Waals surface area (Å²) in [5.74, 6) is 3.40. The molecule has 39 heavy (non-hydrogen) atoms. The highest BCUT2D eigenvalue weighted by molar-refractivity contribution is 5.86. The molecule has 0 bridgehead atoms. The van der Waals surface area contributed by atoms with Gasteiger partial charge in [-0.05, 0) is 79.8 Å². The summed E-state index contributed by atoms with van der Waals surface area (Å²) in [6, 6.07) is 8.08. The molecule has 1 amide bonds. The van der Waals surface area contributed by atoms with Gasteiger partial charge in [0.25, 0.3) is 0 Å². The predicted molar refractivity (Wildman–Crippen MR) is 147 cm³/mol. The summed E-state index contributed by atoms with van der Waals surface area (Å²) < 4.78 is 4.86. The summed E-state index contributed by atoms with van der Waals surface area (Å²) in [5.41, 5.74) is 4.76. The van der Waals surface area contributed by atoms with Crippen LogP contribution in [0.5, 0.6) is 0 Å². The van der Waals surface area contributed by atoms with Gasteiger partial charge in [-0.2, -0.15) is 0 Å². The van der Waals surface area contributed by atoms with Crippen molar-refractivity contribution in [3.05, 3.63) is 59.3 Å². The van der Waals surface area contributed by atoms with E-state index in [9.17, 15) is 14.7 Å². The molecule has 3 N–H and O–H groups in total. The zero-order chi connectivity index (χ0) is 27.8. The molecule has 0 heterocycles. The lowest BCUT2D eigenvalue weighted by atomic mass is 9.47. The van der Waals surface area contributed by atoms with Crippen molar-refractivity contribution in [1.82, 2.24) is 10.8 Å². The number of nitrogens with one attached hydrogen (secondary N) is 2. The van der Waals surface area contributed by atoms with E-state index in [0.717, 1.165) is 44.2 Å². The molecule has 7 nitrogen and oxygen atoms in total. The molecule has 0 unspecified atom stereocenters. The van der Waals surface area contributed by atoms with Gasteiger partial charge in [0.2, 0.25) is 5.91 Å². The average Bonchev–Trinajstić information content (AvgIpc) is 3.22. The van der Waals surface area contributed by atoms with Crippen molar-refractivity contribution in [2.45, 2.75) is 70.4 Å². The highest BCUT2D eigenvalue weighted by Gasteiger charge is 2.63. The number of terminal acetylenes is 1. The standard InChI is InChI=1S/C32H40N2O5/c1-5-32(37)18-15-26-24-12-11-22-19-23(13-16-30(22,2)25(24)14-17-31(26,32)3)34-39-20-27(35)33-28(29(36)38-4)21-9-7-6-8-10-21/h1,6-10,13,19,24-26,28,34,37H,11-12,14-18,20H2,2-4H3,(H,33,35)/t24-,25-,26+,28+,30-,31-,32-/m0/s1. The SMILES string of the molecule is C#C[C@]1(O)CC[C@@H]2[C@H]3CCC4=CC(NOCC(=O)N[C@@H](C(=O)OC)c5ccccc5)=CC[C@]4(C)[C@H]3CC[C@@]21C. The van der Waals surface area contributed by atoms with Crippen molar-refractivity contribution in [1.29, 1.82) is 0 Å². The van der Waals surface area contributed by atoms with Gasteiger partial charge in [-0.25, -0.2) is 4.79 Å². The van der Waals surface area contributed by atoms with Crippen molar-refractivity contribution in [2.75, 3.05) is 13.7 Å². The minimum absolute atomic E-state index is 0.0765. The molecule has 0 radical (unpaired) electrons. The Hall–Kier alpha value is -3.08. The Morgan fingerprint density at radius 1 is 1.15 bits per heavy atom. The van der Waals surface area contributed by atoms with Crippen molar-refractivity contribution >= 4 is 11.9 Å². The second kappa shape index (κ2) is 10.5. The topological polar surface area (TPSA) is 96.9 Å². The van der Waals surface area contributed by atoms with Crippen LogP contribution in [0.4, 0.5) is 0 Å². The summed E-state index contributed by atoms with van der Waals surface area (Å²) in [6.45, 7) is 4.36. The van der Waals surface area contributed by atoms with Gasteiger partial charge in [0.1, 0.15) is 5.60 Å². The number of ether oxygens (including phenoxy) is 1. The summed E-state index contributed by atoms with van der Waals surface area (Å²) in [6.07, 6.45) is 16.9. The number of rotatable bonds is 7. The fourth-order valence-electron chi connectivity index (χ4n) is 8.17. The van der Waals surface area contributed by atoms with Gasteiger partial charge in [0, 0.05) is 5.41 Å². The highest BCUT2D eigenvalue weighted by Crippen LogP contribution is 2.67. The number of benzene rings is 1. The number of methoxy groups -OCH3 is 1. The second-order valence-corrected chi connectivity index (χ2v) is 12.2. The highest BCUT2D eigenvalue weighted by atomic mass is 16.6. The number of aliphatic hydroxyl groups is 1. The van der Waals surface area contributed by atoms with Gasteiger partial charge < -0.3 is 15.2 Å². The lowest BCUT2D eigenvalue weighted by molar-refractivity contribution is -0.146. The minimum atomic E-state index is -0.981. The van der Waals surface area contributed by atoms with E-state index in [1.54, 1.807) is 24.3 Å². The van der Waals surface area contributed by atoms with Crippen LogP contribution in [-0.4, -0.2) is 36.3 Å². The summed E-state index contributed by atoms with van der Waals surface area (Å²) >= 11 is 0. The molecule has 0 aliphatic heterocycles. The van der Waals surface area contributed by atoms with Crippen LogP contribution in [-0.2, 0) is 19.2 Å². The monoisotopic (exact) mass is 532 g/mol. The van der Waals surface area contributed by atoms with Crippen molar-refractivity contribution < 1.29 is 24.3 Å². The Labute approximate surface area is 231 Å². The van der Waals surface area contributed by atoms with Gasteiger partial charge in [-0.1, -0.05) is 61.7 Å². The maximum atomic E-state index is 12.6. The van der Waals surface area contributed by atoms with Crippen LogP contribution in [0.1, 0.15) is 70.4 Å². The predicted octanol–water partition coefficient (Wildman–Crippen LogP) is 4.36. The Morgan fingerprint density at radius 2 is 1.90 bits per heavy atom. The zero-order valence-corrected chi connectivity index (χ0v) is 23.2. The first kappa shape index (κ1) is 27.5. The van der Waals surface area contributed by atoms with E-state index in [1.165, 1.54) is 12.7 Å². The van der Waals surface area contributed by atoms with Gasteiger partial charge in [-0.15, -0.1) is 6.42 Å². The maximum Gasteiger partial charge on any atom is 0.333 e. The van der Waals surface area contributed by atoms with E-state index in [-0.39, 0.29) is 17.4 Å². The van der Waals surface area contributed by atoms with Gasteiger partial charge in [0.05, 0.1) is 12.8 Å². The molecule has 4 aliphatic carbocycles. The van der Waals surface area contributed by atoms with E-state index < -0.39 is 23.5 Å². The molecule has 1 aromatic carbocycles. The molecule has 0 saturated heterocycles. The first-order chi connectivity index (χ1) is 18.6. The molecule has 7 atom stereocenters. The lowest BCUT2D eigenvalue weighted by Crippen LogP contribution is -2.54. The Morgan fingerprint density at radius 3 is 2.62 bits per heavy atom. The smallest absolute Gasteiger partial charge is 0.333 e. The number of carbonyl (C=O) groups excluding carboxylic acids is 2. The van der Waals surface area contributed by atoms with Gasteiger partial charge in [-0.3, -0.25) is 15.1 Å². The molecular weight excluding hydrogens is 492 g/mol. The summed E-state index contributed by atoms with van der Waals surface area (Å²) in [5, 5.41) is 13.9. The third-order valence-corrected chi connectivity index (χ3v) is 10.5. The maximum absolute atomic E-state index is 12.6. The van der Waals surface area contributed by atoms with E-state index in [1.807, 2.05) is 6.07 Å². The normalized spacial score (nSPS) is 35.6. The van der Waals surface area contributed by atoms with Crippen molar-refractivity contribution in [2.24, 2.45) is 28.6 Å². The summed E-state index contributed by atoms with van der Waals surface area (Å²) in [7, 11) is 1.30. The summed E-state index contributed by atoms with van der Waals surface area (Å²) in [4.78, 5) is 30.3. The molecule has 5 rings (SSSR count). The largest absolute Gasteiger partial charge is 0.467 e.